The second-order valence-electron chi connectivity index (χ2n) is 7.82. The Morgan fingerprint density at radius 3 is 2.14 bits per heavy atom. The van der Waals surface area contributed by atoms with Gasteiger partial charge in [-0.25, -0.2) is 4.79 Å². The minimum atomic E-state index is -0.759. The fourth-order valence-corrected chi connectivity index (χ4v) is 2.58. The molecule has 0 heterocycles. The quantitative estimate of drug-likeness (QED) is 0.795. The summed E-state index contributed by atoms with van der Waals surface area (Å²) >= 11 is 0. The Morgan fingerprint density at radius 1 is 1.00 bits per heavy atom. The molecule has 1 atom stereocenters. The van der Waals surface area contributed by atoms with Crippen LogP contribution in [0.15, 0.2) is 54.6 Å². The van der Waals surface area contributed by atoms with Crippen molar-refractivity contribution in [3.63, 3.8) is 0 Å². The maximum Gasteiger partial charge on any atom is 0.408 e. The first-order chi connectivity index (χ1) is 13.1. The fraction of sp³-hybridized carbons (Fsp3) is 0.364. The molecule has 2 N–H and O–H groups in total. The van der Waals surface area contributed by atoms with E-state index in [1.165, 1.54) is 0 Å². The minimum Gasteiger partial charge on any atom is -0.444 e. The predicted octanol–water partition coefficient (Wildman–Crippen LogP) is 3.83. The van der Waals surface area contributed by atoms with Crippen LogP contribution in [0.2, 0.25) is 0 Å². The van der Waals surface area contributed by atoms with E-state index in [-0.39, 0.29) is 5.91 Å². The van der Waals surface area contributed by atoms with Crippen LogP contribution >= 0.6 is 0 Å². The van der Waals surface area contributed by atoms with Gasteiger partial charge < -0.3 is 20.3 Å². The molecule has 0 aromatic heterocycles. The zero-order valence-electron chi connectivity index (χ0n) is 17.2. The van der Waals surface area contributed by atoms with Gasteiger partial charge in [-0.05, 0) is 50.6 Å². The fourth-order valence-electron chi connectivity index (χ4n) is 2.58. The van der Waals surface area contributed by atoms with E-state index >= 15 is 0 Å². The summed E-state index contributed by atoms with van der Waals surface area (Å²) in [6.45, 7) is 5.35. The second-order valence-corrected chi connectivity index (χ2v) is 7.82. The van der Waals surface area contributed by atoms with Gasteiger partial charge in [-0.2, -0.15) is 0 Å². The highest BCUT2D eigenvalue weighted by molar-refractivity contribution is 5.96. The number of benzene rings is 2. The van der Waals surface area contributed by atoms with Crippen LogP contribution in [-0.2, 0) is 16.0 Å². The molecule has 0 aliphatic rings. The van der Waals surface area contributed by atoms with Crippen molar-refractivity contribution in [3.8, 4) is 0 Å². The summed E-state index contributed by atoms with van der Waals surface area (Å²) in [7, 11) is 3.91. The van der Waals surface area contributed by atoms with Gasteiger partial charge in [0, 0.05) is 31.9 Å². The summed E-state index contributed by atoms with van der Waals surface area (Å²) in [4.78, 5) is 27.0. The molecule has 0 aliphatic heterocycles. The molecule has 2 aromatic rings. The smallest absolute Gasteiger partial charge is 0.408 e. The highest BCUT2D eigenvalue weighted by Crippen LogP contribution is 2.16. The highest BCUT2D eigenvalue weighted by atomic mass is 16.6. The lowest BCUT2D eigenvalue weighted by Crippen LogP contribution is -2.47. The summed E-state index contributed by atoms with van der Waals surface area (Å²) in [5.74, 6) is -0.299. The van der Waals surface area contributed by atoms with Gasteiger partial charge in [-0.15, -0.1) is 0 Å². The van der Waals surface area contributed by atoms with Crippen molar-refractivity contribution in [2.24, 2.45) is 0 Å². The Labute approximate surface area is 166 Å². The lowest BCUT2D eigenvalue weighted by atomic mass is 10.1. The molecule has 6 nitrogen and oxygen atoms in total. The molecule has 2 aromatic carbocycles. The van der Waals surface area contributed by atoms with Gasteiger partial charge in [0.2, 0.25) is 5.91 Å². The lowest BCUT2D eigenvalue weighted by molar-refractivity contribution is -0.118. The summed E-state index contributed by atoms with van der Waals surface area (Å²) in [5, 5.41) is 5.56. The summed E-state index contributed by atoms with van der Waals surface area (Å²) < 4.78 is 5.31. The van der Waals surface area contributed by atoms with Gasteiger partial charge in [0.1, 0.15) is 11.6 Å². The Morgan fingerprint density at radius 2 is 1.61 bits per heavy atom. The number of alkyl carbamates (subject to hydrolysis) is 1. The molecule has 0 saturated heterocycles. The summed E-state index contributed by atoms with van der Waals surface area (Å²) in [6, 6.07) is 16.3. The normalized spacial score (nSPS) is 12.0. The molecule has 2 amide bonds. The van der Waals surface area contributed by atoms with Gasteiger partial charge in [0.15, 0.2) is 0 Å². The first-order valence-corrected chi connectivity index (χ1v) is 9.26. The molecule has 0 fully saturated rings. The molecular weight excluding hydrogens is 354 g/mol. The van der Waals surface area contributed by atoms with Gasteiger partial charge in [-0.1, -0.05) is 30.3 Å². The van der Waals surface area contributed by atoms with E-state index in [4.69, 9.17) is 4.74 Å². The number of carbonyl (C=O) groups is 2. The Hall–Kier alpha value is -3.02. The van der Waals surface area contributed by atoms with Gasteiger partial charge in [0.25, 0.3) is 0 Å². The van der Waals surface area contributed by atoms with Crippen LogP contribution in [-0.4, -0.2) is 37.7 Å². The predicted molar refractivity (Wildman–Crippen MR) is 113 cm³/mol. The topological polar surface area (TPSA) is 70.7 Å². The zero-order valence-corrected chi connectivity index (χ0v) is 17.2. The number of amides is 2. The van der Waals surface area contributed by atoms with Crippen molar-refractivity contribution in [1.29, 1.82) is 0 Å². The molecule has 0 saturated carbocycles. The maximum atomic E-state index is 12.8. The number of nitrogens with one attached hydrogen (secondary N) is 2. The van der Waals surface area contributed by atoms with E-state index in [9.17, 15) is 9.59 Å². The van der Waals surface area contributed by atoms with Crippen LogP contribution in [0.4, 0.5) is 16.2 Å². The van der Waals surface area contributed by atoms with Crippen LogP contribution in [0.3, 0.4) is 0 Å². The van der Waals surface area contributed by atoms with Gasteiger partial charge in [-0.3, -0.25) is 4.79 Å². The molecule has 150 valence electrons. The second kappa shape index (κ2) is 9.26. The third-order valence-corrected chi connectivity index (χ3v) is 3.94. The molecule has 0 radical (unpaired) electrons. The van der Waals surface area contributed by atoms with Crippen molar-refractivity contribution in [1.82, 2.24) is 5.32 Å². The monoisotopic (exact) mass is 383 g/mol. The molecule has 0 spiro atoms. The van der Waals surface area contributed by atoms with Crippen LogP contribution in [0.5, 0.6) is 0 Å². The number of anilines is 2. The Balaban J connectivity index is 2.12. The molecular formula is C22H29N3O3. The van der Waals surface area contributed by atoms with Crippen LogP contribution in [0.1, 0.15) is 26.3 Å². The Bertz CT molecular complexity index is 781. The lowest BCUT2D eigenvalue weighted by Gasteiger charge is -2.23. The number of hydrogen-bond donors (Lipinski definition) is 2. The van der Waals surface area contributed by atoms with Crippen molar-refractivity contribution < 1.29 is 14.3 Å². The molecule has 2 rings (SSSR count). The van der Waals surface area contributed by atoms with Gasteiger partial charge >= 0.3 is 6.09 Å². The molecule has 0 bridgehead atoms. The largest absolute Gasteiger partial charge is 0.444 e. The molecule has 28 heavy (non-hydrogen) atoms. The van der Waals surface area contributed by atoms with E-state index in [2.05, 4.69) is 10.6 Å². The minimum absolute atomic E-state index is 0.299. The van der Waals surface area contributed by atoms with Crippen LogP contribution < -0.4 is 15.5 Å². The molecule has 6 heteroatoms. The van der Waals surface area contributed by atoms with Gasteiger partial charge in [0.05, 0.1) is 0 Å². The van der Waals surface area contributed by atoms with E-state index in [1.807, 2.05) is 73.6 Å². The maximum absolute atomic E-state index is 12.8. The summed E-state index contributed by atoms with van der Waals surface area (Å²) in [6.07, 6.45) is -0.256. The first-order valence-electron chi connectivity index (χ1n) is 9.26. The van der Waals surface area contributed by atoms with Crippen LogP contribution in [0, 0.1) is 0 Å². The first kappa shape index (κ1) is 21.3. The third kappa shape index (κ3) is 6.95. The number of ether oxygens (including phenoxy) is 1. The van der Waals surface area contributed by atoms with E-state index < -0.39 is 17.7 Å². The van der Waals surface area contributed by atoms with E-state index in [0.717, 1.165) is 11.3 Å². The number of hydrogen-bond acceptors (Lipinski definition) is 4. The summed E-state index contributed by atoms with van der Waals surface area (Å²) in [5.41, 5.74) is 2.01. The van der Waals surface area contributed by atoms with Crippen molar-refractivity contribution in [3.05, 3.63) is 60.2 Å². The third-order valence-electron chi connectivity index (χ3n) is 3.94. The van der Waals surface area contributed by atoms with E-state index in [1.54, 1.807) is 20.8 Å². The molecule has 0 aliphatic carbocycles. The van der Waals surface area contributed by atoms with Crippen molar-refractivity contribution in [2.45, 2.75) is 38.8 Å². The SMILES string of the molecule is CN(C)c1ccc(NC(=O)[C@@H](Cc2ccccc2)NC(=O)OC(C)(C)C)cc1. The Kier molecular flexibility index (Phi) is 7.04. The van der Waals surface area contributed by atoms with E-state index in [0.29, 0.717) is 12.1 Å². The number of carbonyl (C=O) groups excluding carboxylic acids is 2. The average molecular weight is 383 g/mol. The number of nitrogens with zero attached hydrogens (tertiary/aromatic N) is 1. The average Bonchev–Trinajstić information content (AvgIpc) is 2.61. The van der Waals surface area contributed by atoms with Crippen molar-refractivity contribution >= 4 is 23.4 Å². The zero-order chi connectivity index (χ0) is 20.7. The molecule has 0 unspecified atom stereocenters. The van der Waals surface area contributed by atoms with Crippen molar-refractivity contribution in [2.75, 3.05) is 24.3 Å². The standard InChI is InChI=1S/C22H29N3O3/c1-22(2,3)28-21(27)24-19(15-16-9-7-6-8-10-16)20(26)23-17-11-13-18(14-12-17)25(4)5/h6-14,19H,15H2,1-5H3,(H,23,26)(H,24,27)/t19-/m1/s1. The number of rotatable bonds is 6. The van der Waals surface area contributed by atoms with Crippen LogP contribution in [0.25, 0.3) is 0 Å². The highest BCUT2D eigenvalue weighted by Gasteiger charge is 2.24.